The van der Waals surface area contributed by atoms with Crippen molar-refractivity contribution in [2.75, 3.05) is 7.11 Å². The summed E-state index contributed by atoms with van der Waals surface area (Å²) < 4.78 is 11.1. The largest absolute Gasteiger partial charge is 0.496 e. The summed E-state index contributed by atoms with van der Waals surface area (Å²) in [5, 5.41) is 2.26. The van der Waals surface area contributed by atoms with Gasteiger partial charge in [0, 0.05) is 11.6 Å². The van der Waals surface area contributed by atoms with Gasteiger partial charge in [0.1, 0.15) is 17.8 Å². The lowest BCUT2D eigenvalue weighted by Crippen LogP contribution is -2.38. The topological polar surface area (TPSA) is 68.7 Å². The van der Waals surface area contributed by atoms with Gasteiger partial charge < -0.3 is 19.8 Å². The molecule has 0 spiro atoms. The van der Waals surface area contributed by atoms with Crippen LogP contribution in [0.15, 0.2) is 53.1 Å². The number of fused-ring (bicyclic) bond motifs is 1. The van der Waals surface area contributed by atoms with E-state index in [1.165, 1.54) is 6.26 Å². The van der Waals surface area contributed by atoms with E-state index in [2.05, 4.69) is 18.2 Å². The quantitative estimate of drug-likeness (QED) is 0.686. The second-order valence-corrected chi connectivity index (χ2v) is 7.34. The van der Waals surface area contributed by atoms with Gasteiger partial charge in [-0.05, 0) is 35.7 Å². The van der Waals surface area contributed by atoms with Gasteiger partial charge in [0.15, 0.2) is 0 Å². The van der Waals surface area contributed by atoms with Crippen LogP contribution < -0.4 is 10.5 Å². The van der Waals surface area contributed by atoms with Crippen LogP contribution in [0.1, 0.15) is 47.4 Å². The van der Waals surface area contributed by atoms with Crippen LogP contribution in [0.2, 0.25) is 0 Å². The van der Waals surface area contributed by atoms with Gasteiger partial charge in [0.2, 0.25) is 0 Å². The van der Waals surface area contributed by atoms with E-state index in [9.17, 15) is 4.79 Å². The van der Waals surface area contributed by atoms with Crippen LogP contribution in [-0.4, -0.2) is 24.0 Å². The number of furan rings is 1. The highest BCUT2D eigenvalue weighted by molar-refractivity contribution is 5.95. The molecular weight excluding hydrogens is 352 g/mol. The highest BCUT2D eigenvalue weighted by Crippen LogP contribution is 2.33. The summed E-state index contributed by atoms with van der Waals surface area (Å²) in [5.74, 6) is 1.42. The second kappa shape index (κ2) is 8.07. The molecule has 28 heavy (non-hydrogen) atoms. The lowest BCUT2D eigenvalue weighted by molar-refractivity contribution is 0.0663. The first kappa shape index (κ1) is 18.6. The summed E-state index contributed by atoms with van der Waals surface area (Å²) in [5.41, 5.74) is 7.26. The first-order valence-electron chi connectivity index (χ1n) is 9.84. The van der Waals surface area contributed by atoms with Crippen molar-refractivity contribution in [1.29, 1.82) is 0 Å². The second-order valence-electron chi connectivity index (χ2n) is 7.34. The fraction of sp³-hybridized carbons (Fsp3) is 0.348. The molecule has 0 saturated heterocycles. The fourth-order valence-electron chi connectivity index (χ4n) is 4.19. The van der Waals surface area contributed by atoms with Crippen LogP contribution in [0, 0.1) is 0 Å². The third-order valence-electron chi connectivity index (χ3n) is 5.67. The van der Waals surface area contributed by atoms with Gasteiger partial charge in [-0.2, -0.15) is 0 Å². The number of ether oxygens (including phenoxy) is 1. The molecule has 0 unspecified atom stereocenters. The zero-order valence-electron chi connectivity index (χ0n) is 16.2. The average molecular weight is 378 g/mol. The summed E-state index contributed by atoms with van der Waals surface area (Å²) in [7, 11) is 1.68. The molecule has 0 radical (unpaired) electrons. The predicted molar refractivity (Wildman–Crippen MR) is 109 cm³/mol. The standard InChI is InChI=1S/C23H26N2O3/c1-27-22-11-10-16-6-2-5-9-20(16)21(22)14-25(18-7-3-4-8-18)23(26)17-12-19(13-24)28-15-17/h2,5-6,9-12,15,18H,3-4,7-8,13-14,24H2,1H3. The summed E-state index contributed by atoms with van der Waals surface area (Å²) in [6.07, 6.45) is 5.88. The molecule has 0 bridgehead atoms. The average Bonchev–Trinajstić information content (AvgIpc) is 3.43. The smallest absolute Gasteiger partial charge is 0.257 e. The Hall–Kier alpha value is -2.79. The molecule has 3 aromatic rings. The SMILES string of the molecule is COc1ccc2ccccc2c1CN(C(=O)c1coc(CN)c1)C1CCCC1. The number of carbonyl (C=O) groups is 1. The van der Waals surface area contributed by atoms with E-state index in [0.717, 1.165) is 47.8 Å². The molecule has 0 aliphatic heterocycles. The first-order valence-corrected chi connectivity index (χ1v) is 9.84. The van der Waals surface area contributed by atoms with Crippen LogP contribution in [0.3, 0.4) is 0 Å². The molecule has 1 aliphatic rings. The van der Waals surface area contributed by atoms with E-state index in [1.807, 2.05) is 23.1 Å². The number of carbonyl (C=O) groups excluding carboxylic acids is 1. The maximum absolute atomic E-state index is 13.4. The number of hydrogen-bond acceptors (Lipinski definition) is 4. The number of hydrogen-bond donors (Lipinski definition) is 1. The van der Waals surface area contributed by atoms with E-state index in [1.54, 1.807) is 13.2 Å². The van der Waals surface area contributed by atoms with Crippen LogP contribution in [0.5, 0.6) is 5.75 Å². The minimum atomic E-state index is -0.00895. The number of benzene rings is 2. The van der Waals surface area contributed by atoms with Crippen LogP contribution >= 0.6 is 0 Å². The van der Waals surface area contributed by atoms with Crippen molar-refractivity contribution in [3.63, 3.8) is 0 Å². The van der Waals surface area contributed by atoms with E-state index >= 15 is 0 Å². The first-order chi connectivity index (χ1) is 13.7. The zero-order chi connectivity index (χ0) is 19.5. The number of nitrogens with zero attached hydrogens (tertiary/aromatic N) is 1. The van der Waals surface area contributed by atoms with Crippen molar-refractivity contribution >= 4 is 16.7 Å². The van der Waals surface area contributed by atoms with Gasteiger partial charge in [-0.15, -0.1) is 0 Å². The number of rotatable bonds is 6. The molecule has 5 heteroatoms. The minimum Gasteiger partial charge on any atom is -0.496 e. The maximum Gasteiger partial charge on any atom is 0.257 e. The van der Waals surface area contributed by atoms with Crippen molar-refractivity contribution in [2.45, 2.75) is 44.8 Å². The number of nitrogens with two attached hydrogens (primary N) is 1. The Kier molecular flexibility index (Phi) is 5.35. The van der Waals surface area contributed by atoms with E-state index in [4.69, 9.17) is 14.9 Å². The van der Waals surface area contributed by atoms with Crippen LogP contribution in [-0.2, 0) is 13.1 Å². The molecule has 1 saturated carbocycles. The highest BCUT2D eigenvalue weighted by atomic mass is 16.5. The Morgan fingerprint density at radius 3 is 2.71 bits per heavy atom. The highest BCUT2D eigenvalue weighted by Gasteiger charge is 2.29. The summed E-state index contributed by atoms with van der Waals surface area (Å²) >= 11 is 0. The maximum atomic E-state index is 13.4. The lowest BCUT2D eigenvalue weighted by atomic mass is 10.0. The molecule has 1 fully saturated rings. The Bertz CT molecular complexity index is 973. The summed E-state index contributed by atoms with van der Waals surface area (Å²) in [6.45, 7) is 0.797. The van der Waals surface area contributed by atoms with Gasteiger partial charge in [-0.3, -0.25) is 4.79 Å². The normalized spacial score (nSPS) is 14.5. The van der Waals surface area contributed by atoms with Gasteiger partial charge in [-0.25, -0.2) is 0 Å². The van der Waals surface area contributed by atoms with Crippen molar-refractivity contribution < 1.29 is 13.9 Å². The van der Waals surface area contributed by atoms with Crippen molar-refractivity contribution in [2.24, 2.45) is 5.73 Å². The zero-order valence-corrected chi connectivity index (χ0v) is 16.2. The number of methoxy groups -OCH3 is 1. The van der Waals surface area contributed by atoms with Gasteiger partial charge >= 0.3 is 0 Å². The van der Waals surface area contributed by atoms with Gasteiger partial charge in [0.25, 0.3) is 5.91 Å². The van der Waals surface area contributed by atoms with E-state index < -0.39 is 0 Å². The molecule has 2 N–H and O–H groups in total. The van der Waals surface area contributed by atoms with E-state index in [0.29, 0.717) is 17.9 Å². The molecule has 0 atom stereocenters. The number of amides is 1. The van der Waals surface area contributed by atoms with Crippen LogP contribution in [0.25, 0.3) is 10.8 Å². The monoisotopic (exact) mass is 378 g/mol. The third-order valence-corrected chi connectivity index (χ3v) is 5.67. The Morgan fingerprint density at radius 2 is 2.00 bits per heavy atom. The lowest BCUT2D eigenvalue weighted by Gasteiger charge is -2.30. The molecule has 1 aliphatic carbocycles. The molecule has 4 rings (SSSR count). The predicted octanol–water partition coefficient (Wildman–Crippen LogP) is 4.49. The molecule has 5 nitrogen and oxygen atoms in total. The van der Waals surface area contributed by atoms with Crippen LogP contribution in [0.4, 0.5) is 0 Å². The fourth-order valence-corrected chi connectivity index (χ4v) is 4.19. The summed E-state index contributed by atoms with van der Waals surface area (Å²) in [6, 6.07) is 14.3. The molecular formula is C23H26N2O3. The van der Waals surface area contributed by atoms with Gasteiger partial charge in [0.05, 0.1) is 25.8 Å². The molecule has 1 amide bonds. The molecule has 2 aromatic carbocycles. The minimum absolute atomic E-state index is 0.00895. The van der Waals surface area contributed by atoms with Gasteiger partial charge in [-0.1, -0.05) is 43.2 Å². The van der Waals surface area contributed by atoms with Crippen molar-refractivity contribution in [3.8, 4) is 5.75 Å². The summed E-state index contributed by atoms with van der Waals surface area (Å²) in [4.78, 5) is 15.4. The van der Waals surface area contributed by atoms with Crippen molar-refractivity contribution in [3.05, 3.63) is 65.6 Å². The Morgan fingerprint density at radius 1 is 1.21 bits per heavy atom. The molecule has 1 aromatic heterocycles. The molecule has 146 valence electrons. The van der Waals surface area contributed by atoms with Crippen molar-refractivity contribution in [1.82, 2.24) is 4.90 Å². The Balaban J connectivity index is 1.74. The van der Waals surface area contributed by atoms with E-state index in [-0.39, 0.29) is 18.5 Å². The third kappa shape index (κ3) is 3.50. The Labute approximate surface area is 165 Å². The molecule has 1 heterocycles.